The van der Waals surface area contributed by atoms with Crippen molar-refractivity contribution in [3.63, 3.8) is 0 Å². The van der Waals surface area contributed by atoms with Crippen molar-refractivity contribution < 1.29 is 14.4 Å². The molecule has 5 heteroatoms. The highest BCUT2D eigenvalue weighted by atomic mass is 35.5. The minimum atomic E-state index is -0.133. The number of nitrogens with one attached hydrogen (secondary N) is 2. The zero-order chi connectivity index (χ0) is 12.7. The predicted octanol–water partition coefficient (Wildman–Crippen LogP) is -0.0205. The lowest BCUT2D eigenvalue weighted by Crippen LogP contribution is -3.06. The molecule has 94 valence electrons. The first-order valence-electron chi connectivity index (χ1n) is 5.52. The van der Waals surface area contributed by atoms with E-state index in [2.05, 4.69) is 5.32 Å². The fraction of sp³-hybridized carbons (Fsp3) is 0.417. The molecule has 0 saturated heterocycles. The van der Waals surface area contributed by atoms with Gasteiger partial charge in [0.05, 0.1) is 32.2 Å². The highest BCUT2D eigenvalue weighted by molar-refractivity contribution is 6.32. The van der Waals surface area contributed by atoms with Crippen molar-refractivity contribution in [2.24, 2.45) is 0 Å². The van der Waals surface area contributed by atoms with E-state index < -0.39 is 0 Å². The molecule has 0 fully saturated rings. The Bertz CT molecular complexity index is 369. The third kappa shape index (κ3) is 5.56. The Balaban J connectivity index is 2.26. The van der Waals surface area contributed by atoms with E-state index in [9.17, 15) is 4.79 Å². The zero-order valence-electron chi connectivity index (χ0n) is 10.1. The molecule has 0 aliphatic rings. The van der Waals surface area contributed by atoms with Crippen LogP contribution in [0.2, 0.25) is 5.02 Å². The summed E-state index contributed by atoms with van der Waals surface area (Å²) in [7, 11) is 4.07. The number of likely N-dealkylation sites (N-methyl/N-ethyl adjacent to an activating group) is 1. The van der Waals surface area contributed by atoms with Crippen LogP contribution in [-0.2, 0) is 4.79 Å². The van der Waals surface area contributed by atoms with Crippen LogP contribution >= 0.6 is 11.6 Å². The number of benzene rings is 1. The van der Waals surface area contributed by atoms with E-state index >= 15 is 0 Å². The molecule has 0 atom stereocenters. The van der Waals surface area contributed by atoms with Gasteiger partial charge in [-0.05, 0) is 12.1 Å². The molecule has 0 spiro atoms. The average molecular weight is 258 g/mol. The molecule has 0 aliphatic heterocycles. The number of carbonyl (C=O) groups is 1. The van der Waals surface area contributed by atoms with Crippen molar-refractivity contribution in [2.45, 2.75) is 0 Å². The molecule has 0 bridgehead atoms. The Hall–Kier alpha value is -1.26. The molecule has 0 heterocycles. The number of para-hydroxylation sites is 1. The van der Waals surface area contributed by atoms with Crippen molar-refractivity contribution in [1.29, 1.82) is 0 Å². The molecule has 2 N–H and O–H groups in total. The average Bonchev–Trinajstić information content (AvgIpc) is 2.27. The zero-order valence-corrected chi connectivity index (χ0v) is 10.9. The van der Waals surface area contributed by atoms with E-state index in [1.165, 1.54) is 4.90 Å². The molecule has 0 saturated carbocycles. The second-order valence-electron chi connectivity index (χ2n) is 4.03. The van der Waals surface area contributed by atoms with Gasteiger partial charge in [-0.1, -0.05) is 23.7 Å². The topological polar surface area (TPSA) is 42.8 Å². The molecular formula is C12H18ClN2O2+. The number of ether oxygens (including phenoxy) is 1. The summed E-state index contributed by atoms with van der Waals surface area (Å²) in [5.41, 5.74) is 0. The van der Waals surface area contributed by atoms with Gasteiger partial charge in [0.15, 0.2) is 6.61 Å². The second-order valence-corrected chi connectivity index (χ2v) is 4.43. The summed E-state index contributed by atoms with van der Waals surface area (Å²) in [6.45, 7) is 1.53. The third-order valence-electron chi connectivity index (χ3n) is 2.14. The van der Waals surface area contributed by atoms with E-state index in [0.29, 0.717) is 17.3 Å². The van der Waals surface area contributed by atoms with Crippen molar-refractivity contribution >= 4 is 17.5 Å². The predicted molar refractivity (Wildman–Crippen MR) is 67.6 cm³/mol. The Morgan fingerprint density at radius 2 is 2.12 bits per heavy atom. The van der Waals surface area contributed by atoms with Gasteiger partial charge >= 0.3 is 0 Å². The summed E-state index contributed by atoms with van der Waals surface area (Å²) in [4.78, 5) is 12.7. The van der Waals surface area contributed by atoms with Crippen molar-refractivity contribution in [2.75, 3.05) is 33.8 Å². The lowest BCUT2D eigenvalue weighted by molar-refractivity contribution is -0.856. The van der Waals surface area contributed by atoms with E-state index in [4.69, 9.17) is 16.3 Å². The van der Waals surface area contributed by atoms with Crippen LogP contribution in [0.3, 0.4) is 0 Å². The minimum absolute atomic E-state index is 0.00745. The van der Waals surface area contributed by atoms with E-state index in [-0.39, 0.29) is 12.5 Å². The first-order valence-corrected chi connectivity index (χ1v) is 5.90. The lowest BCUT2D eigenvalue weighted by atomic mass is 10.3. The Morgan fingerprint density at radius 3 is 2.76 bits per heavy atom. The number of carbonyl (C=O) groups excluding carboxylic acids is 1. The molecule has 0 radical (unpaired) electrons. The maximum absolute atomic E-state index is 11.4. The Kier molecular flexibility index (Phi) is 5.80. The molecule has 0 aromatic heterocycles. The number of hydrogen-bond donors (Lipinski definition) is 2. The highest BCUT2D eigenvalue weighted by Gasteiger charge is 2.05. The summed E-state index contributed by atoms with van der Waals surface area (Å²) in [6, 6.07) is 7.09. The number of rotatable bonds is 6. The van der Waals surface area contributed by atoms with Crippen LogP contribution in [-0.4, -0.2) is 39.7 Å². The molecule has 1 aromatic rings. The number of amides is 1. The fourth-order valence-corrected chi connectivity index (χ4v) is 1.40. The maximum atomic E-state index is 11.4. The van der Waals surface area contributed by atoms with Gasteiger partial charge < -0.3 is 15.0 Å². The van der Waals surface area contributed by atoms with Crippen molar-refractivity contribution in [3.8, 4) is 5.75 Å². The van der Waals surface area contributed by atoms with Crippen molar-refractivity contribution in [3.05, 3.63) is 29.3 Å². The third-order valence-corrected chi connectivity index (χ3v) is 2.45. The van der Waals surface area contributed by atoms with Crippen LogP contribution < -0.4 is 15.0 Å². The normalized spacial score (nSPS) is 10.4. The summed E-state index contributed by atoms with van der Waals surface area (Å²) in [5, 5.41) is 3.29. The second kappa shape index (κ2) is 7.14. The molecule has 0 aliphatic carbocycles. The molecule has 4 nitrogen and oxygen atoms in total. The van der Waals surface area contributed by atoms with Gasteiger partial charge in [-0.15, -0.1) is 0 Å². The summed E-state index contributed by atoms with van der Waals surface area (Å²) in [6.07, 6.45) is 0. The first-order chi connectivity index (χ1) is 8.09. The van der Waals surface area contributed by atoms with Gasteiger partial charge in [0.25, 0.3) is 5.91 Å². The highest BCUT2D eigenvalue weighted by Crippen LogP contribution is 2.22. The van der Waals surface area contributed by atoms with Gasteiger partial charge in [-0.25, -0.2) is 0 Å². The molecule has 1 aromatic carbocycles. The summed E-state index contributed by atoms with van der Waals surface area (Å²) >= 11 is 5.89. The SMILES string of the molecule is C[NH+](C)CCNC(=O)COc1ccccc1Cl. The summed E-state index contributed by atoms with van der Waals surface area (Å²) in [5.74, 6) is 0.397. The molecule has 1 amide bonds. The van der Waals surface area contributed by atoms with Gasteiger partial charge in [0.1, 0.15) is 5.75 Å². The monoisotopic (exact) mass is 257 g/mol. The Labute approximate surface area is 107 Å². The molecule has 17 heavy (non-hydrogen) atoms. The van der Waals surface area contributed by atoms with Crippen LogP contribution in [0, 0.1) is 0 Å². The quantitative estimate of drug-likeness (QED) is 0.752. The lowest BCUT2D eigenvalue weighted by Gasteiger charge is -2.10. The van der Waals surface area contributed by atoms with Crippen LogP contribution in [0.1, 0.15) is 0 Å². The molecular weight excluding hydrogens is 240 g/mol. The van der Waals surface area contributed by atoms with Crippen molar-refractivity contribution in [1.82, 2.24) is 5.32 Å². The van der Waals surface area contributed by atoms with Gasteiger partial charge in [-0.3, -0.25) is 4.79 Å². The standard InChI is InChI=1S/C12H17ClN2O2/c1-15(2)8-7-14-12(16)9-17-11-6-4-3-5-10(11)13/h3-6H,7-9H2,1-2H3,(H,14,16)/p+1. The van der Waals surface area contributed by atoms with Gasteiger partial charge in [0, 0.05) is 0 Å². The van der Waals surface area contributed by atoms with E-state index in [1.807, 2.05) is 26.2 Å². The van der Waals surface area contributed by atoms with E-state index in [0.717, 1.165) is 6.54 Å². The van der Waals surface area contributed by atoms with Gasteiger partial charge in [-0.2, -0.15) is 0 Å². The molecule has 1 rings (SSSR count). The smallest absolute Gasteiger partial charge is 0.258 e. The van der Waals surface area contributed by atoms with Crippen LogP contribution in [0.15, 0.2) is 24.3 Å². The Morgan fingerprint density at radius 1 is 1.41 bits per heavy atom. The van der Waals surface area contributed by atoms with Crippen LogP contribution in [0.25, 0.3) is 0 Å². The van der Waals surface area contributed by atoms with E-state index in [1.54, 1.807) is 12.1 Å². The number of halogens is 1. The fourth-order valence-electron chi connectivity index (χ4n) is 1.21. The van der Waals surface area contributed by atoms with Crippen LogP contribution in [0.5, 0.6) is 5.75 Å². The first kappa shape index (κ1) is 13.8. The maximum Gasteiger partial charge on any atom is 0.258 e. The molecule has 0 unspecified atom stereocenters. The minimum Gasteiger partial charge on any atom is -0.482 e. The largest absolute Gasteiger partial charge is 0.482 e. The number of hydrogen-bond acceptors (Lipinski definition) is 2. The van der Waals surface area contributed by atoms with Crippen LogP contribution in [0.4, 0.5) is 0 Å². The van der Waals surface area contributed by atoms with Gasteiger partial charge in [0.2, 0.25) is 0 Å². The number of quaternary nitrogens is 1. The summed E-state index contributed by atoms with van der Waals surface area (Å²) < 4.78 is 5.31.